The third-order valence-corrected chi connectivity index (χ3v) is 2.49. The molecule has 0 amide bonds. The van der Waals surface area contributed by atoms with Crippen LogP contribution in [0.3, 0.4) is 0 Å². The zero-order valence-electron chi connectivity index (χ0n) is 11.1. The molecule has 0 aliphatic carbocycles. The van der Waals surface area contributed by atoms with Crippen molar-refractivity contribution in [2.45, 2.75) is 39.2 Å². The lowest BCUT2D eigenvalue weighted by Gasteiger charge is -2.16. The van der Waals surface area contributed by atoms with Gasteiger partial charge in [0, 0.05) is 12.0 Å². The van der Waals surface area contributed by atoms with Crippen molar-refractivity contribution < 1.29 is 19.4 Å². The Morgan fingerprint density at radius 2 is 2.00 bits per heavy atom. The number of hydrogen-bond acceptors (Lipinski definition) is 3. The molecule has 0 atom stereocenters. The highest BCUT2D eigenvalue weighted by atomic mass is 16.5. The molecule has 0 heterocycles. The van der Waals surface area contributed by atoms with Gasteiger partial charge in [-0.15, -0.1) is 0 Å². The Morgan fingerprint density at radius 3 is 2.56 bits per heavy atom. The zero-order valence-corrected chi connectivity index (χ0v) is 11.1. The van der Waals surface area contributed by atoms with Gasteiger partial charge in [-0.05, 0) is 38.8 Å². The molecular formula is C14H20O4. The molecule has 4 nitrogen and oxygen atoms in total. The van der Waals surface area contributed by atoms with Crippen molar-refractivity contribution >= 4 is 5.97 Å². The second-order valence-electron chi connectivity index (χ2n) is 4.35. The first-order valence-corrected chi connectivity index (χ1v) is 6.09. The van der Waals surface area contributed by atoms with Crippen molar-refractivity contribution in [3.63, 3.8) is 0 Å². The van der Waals surface area contributed by atoms with E-state index in [4.69, 9.17) is 14.6 Å². The summed E-state index contributed by atoms with van der Waals surface area (Å²) in [7, 11) is 1.61. The van der Waals surface area contributed by atoms with Crippen LogP contribution in [0.25, 0.3) is 0 Å². The first-order valence-electron chi connectivity index (χ1n) is 6.09. The Kier molecular flexibility index (Phi) is 5.49. The van der Waals surface area contributed by atoms with Gasteiger partial charge >= 0.3 is 5.97 Å². The number of carboxylic acid groups (broad SMARTS) is 1. The number of aliphatic carboxylic acids is 1. The number of rotatable bonds is 7. The minimum Gasteiger partial charge on any atom is -0.496 e. The predicted molar refractivity (Wildman–Crippen MR) is 69.3 cm³/mol. The van der Waals surface area contributed by atoms with Crippen LogP contribution in [0, 0.1) is 0 Å². The Labute approximate surface area is 108 Å². The number of benzene rings is 1. The maximum atomic E-state index is 10.5. The summed E-state index contributed by atoms with van der Waals surface area (Å²) >= 11 is 0. The molecule has 1 N–H and O–H groups in total. The van der Waals surface area contributed by atoms with E-state index in [9.17, 15) is 4.79 Å². The Bertz CT molecular complexity index is 399. The molecule has 0 fully saturated rings. The molecular weight excluding hydrogens is 232 g/mol. The molecule has 18 heavy (non-hydrogen) atoms. The van der Waals surface area contributed by atoms with Gasteiger partial charge in [0.05, 0.1) is 13.2 Å². The molecule has 0 spiro atoms. The van der Waals surface area contributed by atoms with Crippen molar-refractivity contribution in [1.82, 2.24) is 0 Å². The summed E-state index contributed by atoms with van der Waals surface area (Å²) in [6, 6.07) is 5.62. The second-order valence-corrected chi connectivity index (χ2v) is 4.35. The summed E-state index contributed by atoms with van der Waals surface area (Å²) in [4.78, 5) is 10.5. The van der Waals surface area contributed by atoms with Gasteiger partial charge < -0.3 is 14.6 Å². The maximum absolute atomic E-state index is 10.5. The third kappa shape index (κ3) is 4.28. The Hall–Kier alpha value is -1.71. The average Bonchev–Trinajstić information content (AvgIpc) is 2.29. The molecule has 0 radical (unpaired) electrons. The molecule has 4 heteroatoms. The lowest BCUT2D eigenvalue weighted by atomic mass is 10.1. The van der Waals surface area contributed by atoms with Gasteiger partial charge in [0.2, 0.25) is 0 Å². The molecule has 0 unspecified atom stereocenters. The summed E-state index contributed by atoms with van der Waals surface area (Å²) < 4.78 is 11.0. The molecule has 100 valence electrons. The van der Waals surface area contributed by atoms with E-state index in [2.05, 4.69) is 0 Å². The number of carbonyl (C=O) groups is 1. The van der Waals surface area contributed by atoms with E-state index in [1.165, 1.54) is 0 Å². The van der Waals surface area contributed by atoms with Crippen molar-refractivity contribution in [2.75, 3.05) is 7.11 Å². The quantitative estimate of drug-likeness (QED) is 0.810. The highest BCUT2D eigenvalue weighted by molar-refractivity contribution is 5.66. The van der Waals surface area contributed by atoms with Crippen LogP contribution in [-0.2, 0) is 11.2 Å². The summed E-state index contributed by atoms with van der Waals surface area (Å²) in [6.07, 6.45) is 1.44. The van der Waals surface area contributed by atoms with Crippen molar-refractivity contribution in [2.24, 2.45) is 0 Å². The lowest BCUT2D eigenvalue weighted by molar-refractivity contribution is -0.137. The Balaban J connectivity index is 2.85. The fourth-order valence-electron chi connectivity index (χ4n) is 1.76. The van der Waals surface area contributed by atoms with E-state index in [-0.39, 0.29) is 12.5 Å². The SMILES string of the molecule is COc1cccc(OC(C)C)c1CCCC(=O)O. The van der Waals surface area contributed by atoms with Gasteiger partial charge in [-0.2, -0.15) is 0 Å². The lowest BCUT2D eigenvalue weighted by Crippen LogP contribution is -2.08. The predicted octanol–water partition coefficient (Wildman–Crippen LogP) is 2.89. The highest BCUT2D eigenvalue weighted by Gasteiger charge is 2.12. The summed E-state index contributed by atoms with van der Waals surface area (Å²) in [5, 5.41) is 8.67. The van der Waals surface area contributed by atoms with Gasteiger partial charge in [0.1, 0.15) is 11.5 Å². The van der Waals surface area contributed by atoms with Crippen molar-refractivity contribution in [3.8, 4) is 11.5 Å². The number of methoxy groups -OCH3 is 1. The average molecular weight is 252 g/mol. The van der Waals surface area contributed by atoms with Crippen LogP contribution in [0.2, 0.25) is 0 Å². The fraction of sp³-hybridized carbons (Fsp3) is 0.500. The van der Waals surface area contributed by atoms with Crippen LogP contribution in [-0.4, -0.2) is 24.3 Å². The largest absolute Gasteiger partial charge is 0.496 e. The van der Waals surface area contributed by atoms with E-state index in [1.807, 2.05) is 32.0 Å². The number of ether oxygens (including phenoxy) is 2. The van der Waals surface area contributed by atoms with Gasteiger partial charge in [-0.25, -0.2) is 0 Å². The van der Waals surface area contributed by atoms with E-state index in [0.717, 1.165) is 17.1 Å². The minimum absolute atomic E-state index is 0.0790. The summed E-state index contributed by atoms with van der Waals surface area (Å²) in [6.45, 7) is 3.92. The van der Waals surface area contributed by atoms with Crippen LogP contribution in [0.5, 0.6) is 11.5 Å². The van der Waals surface area contributed by atoms with E-state index >= 15 is 0 Å². The summed E-state index contributed by atoms with van der Waals surface area (Å²) in [5.74, 6) is 0.740. The first-order chi connectivity index (χ1) is 8.54. The van der Waals surface area contributed by atoms with Crippen molar-refractivity contribution in [1.29, 1.82) is 0 Å². The standard InChI is InChI=1S/C14H20O4/c1-10(2)18-13-8-5-7-12(17-3)11(13)6-4-9-14(15)16/h5,7-8,10H,4,6,9H2,1-3H3,(H,15,16). The second kappa shape index (κ2) is 6.89. The first kappa shape index (κ1) is 14.4. The molecule has 1 aromatic carbocycles. The molecule has 0 saturated heterocycles. The van der Waals surface area contributed by atoms with Crippen LogP contribution in [0.4, 0.5) is 0 Å². The molecule has 1 rings (SSSR count). The van der Waals surface area contributed by atoms with Crippen LogP contribution >= 0.6 is 0 Å². The normalized spacial score (nSPS) is 10.4. The van der Waals surface area contributed by atoms with Crippen molar-refractivity contribution in [3.05, 3.63) is 23.8 Å². The third-order valence-electron chi connectivity index (χ3n) is 2.49. The minimum atomic E-state index is -0.781. The Morgan fingerprint density at radius 1 is 1.33 bits per heavy atom. The highest BCUT2D eigenvalue weighted by Crippen LogP contribution is 2.30. The number of carboxylic acids is 1. The molecule has 0 bridgehead atoms. The maximum Gasteiger partial charge on any atom is 0.303 e. The monoisotopic (exact) mass is 252 g/mol. The molecule has 1 aromatic rings. The van der Waals surface area contributed by atoms with Crippen LogP contribution in [0.1, 0.15) is 32.3 Å². The van der Waals surface area contributed by atoms with Gasteiger partial charge in [-0.1, -0.05) is 6.07 Å². The number of hydrogen-bond donors (Lipinski definition) is 1. The summed E-state index contributed by atoms with van der Waals surface area (Å²) in [5.41, 5.74) is 0.940. The van der Waals surface area contributed by atoms with E-state index in [1.54, 1.807) is 7.11 Å². The molecule has 0 aliphatic rings. The fourth-order valence-corrected chi connectivity index (χ4v) is 1.76. The molecule has 0 aliphatic heterocycles. The van der Waals surface area contributed by atoms with Gasteiger partial charge in [0.15, 0.2) is 0 Å². The topological polar surface area (TPSA) is 55.8 Å². The smallest absolute Gasteiger partial charge is 0.303 e. The van der Waals surface area contributed by atoms with Crippen LogP contribution in [0.15, 0.2) is 18.2 Å². The molecule has 0 aromatic heterocycles. The van der Waals surface area contributed by atoms with E-state index in [0.29, 0.717) is 12.8 Å². The zero-order chi connectivity index (χ0) is 13.5. The van der Waals surface area contributed by atoms with Gasteiger partial charge in [0.25, 0.3) is 0 Å². The van der Waals surface area contributed by atoms with Gasteiger partial charge in [-0.3, -0.25) is 4.79 Å². The van der Waals surface area contributed by atoms with Crippen LogP contribution < -0.4 is 9.47 Å². The van der Waals surface area contributed by atoms with E-state index < -0.39 is 5.97 Å². The molecule has 0 saturated carbocycles.